The fraction of sp³-hybridized carbons (Fsp3) is 0.318. The minimum Gasteiger partial charge on any atom is -0.352 e. The van der Waals surface area contributed by atoms with E-state index in [0.29, 0.717) is 49.1 Å². The molecule has 7 heteroatoms. The molecule has 0 atom stereocenters. The topological polar surface area (TPSA) is 66.7 Å². The molecule has 1 saturated heterocycles. The Morgan fingerprint density at radius 3 is 2.83 bits per heavy atom. The number of rotatable bonds is 2. The summed E-state index contributed by atoms with van der Waals surface area (Å²) >= 11 is 0. The van der Waals surface area contributed by atoms with Gasteiger partial charge >= 0.3 is 0 Å². The van der Waals surface area contributed by atoms with Gasteiger partial charge in [0.25, 0.3) is 11.8 Å². The number of aromatic nitrogens is 2. The van der Waals surface area contributed by atoms with Gasteiger partial charge in [-0.25, -0.2) is 8.91 Å². The number of amides is 2. The number of likely N-dealkylation sites (tertiary alicyclic amines) is 1. The first-order valence-electron chi connectivity index (χ1n) is 9.93. The Morgan fingerprint density at radius 2 is 2.00 bits per heavy atom. The highest BCUT2D eigenvalue weighted by atomic mass is 19.1. The van der Waals surface area contributed by atoms with Gasteiger partial charge in [0.2, 0.25) is 0 Å². The second-order valence-electron chi connectivity index (χ2n) is 7.61. The Bertz CT molecular complexity index is 1120. The van der Waals surface area contributed by atoms with Gasteiger partial charge in [0.15, 0.2) is 0 Å². The number of piperidine rings is 1. The van der Waals surface area contributed by atoms with Crippen LogP contribution in [0.15, 0.2) is 42.6 Å². The van der Waals surface area contributed by atoms with E-state index in [0.717, 1.165) is 23.2 Å². The van der Waals surface area contributed by atoms with Crippen molar-refractivity contribution < 1.29 is 14.0 Å². The molecule has 4 heterocycles. The molecule has 2 aliphatic rings. The van der Waals surface area contributed by atoms with Crippen LogP contribution in [0.1, 0.15) is 39.1 Å². The van der Waals surface area contributed by atoms with Crippen LogP contribution < -0.4 is 5.32 Å². The zero-order chi connectivity index (χ0) is 20.0. The van der Waals surface area contributed by atoms with E-state index in [2.05, 4.69) is 10.4 Å². The highest BCUT2D eigenvalue weighted by Crippen LogP contribution is 2.27. The Labute approximate surface area is 167 Å². The van der Waals surface area contributed by atoms with E-state index in [1.165, 1.54) is 0 Å². The molecule has 0 spiro atoms. The van der Waals surface area contributed by atoms with Gasteiger partial charge in [-0.2, -0.15) is 5.10 Å². The number of benzene rings is 1. The maximum Gasteiger partial charge on any atom is 0.257 e. The van der Waals surface area contributed by atoms with Crippen LogP contribution in [0.2, 0.25) is 0 Å². The van der Waals surface area contributed by atoms with Crippen molar-refractivity contribution in [3.63, 3.8) is 0 Å². The van der Waals surface area contributed by atoms with Gasteiger partial charge in [0.1, 0.15) is 6.17 Å². The Morgan fingerprint density at radius 1 is 1.17 bits per heavy atom. The average Bonchev–Trinajstić information content (AvgIpc) is 3.18. The van der Waals surface area contributed by atoms with E-state index in [1.807, 2.05) is 36.4 Å². The molecule has 1 aromatic carbocycles. The summed E-state index contributed by atoms with van der Waals surface area (Å²) in [6, 6.07) is 11.5. The number of alkyl halides is 1. The molecule has 2 amide bonds. The summed E-state index contributed by atoms with van der Waals surface area (Å²) in [6.45, 7) is 1.51. The number of pyridine rings is 1. The molecule has 0 aliphatic carbocycles. The van der Waals surface area contributed by atoms with Crippen molar-refractivity contribution in [1.29, 1.82) is 0 Å². The normalized spacial score (nSPS) is 17.3. The zero-order valence-corrected chi connectivity index (χ0v) is 15.9. The fourth-order valence-corrected chi connectivity index (χ4v) is 4.19. The van der Waals surface area contributed by atoms with Crippen LogP contribution in [0.3, 0.4) is 0 Å². The van der Waals surface area contributed by atoms with E-state index in [1.54, 1.807) is 15.6 Å². The molecule has 3 aromatic rings. The number of hydrogen-bond donors (Lipinski definition) is 1. The van der Waals surface area contributed by atoms with Crippen molar-refractivity contribution in [3.8, 4) is 11.3 Å². The minimum atomic E-state index is -0.823. The molecule has 5 rings (SSSR count). The third-order valence-corrected chi connectivity index (χ3v) is 5.82. The first-order valence-corrected chi connectivity index (χ1v) is 9.93. The lowest BCUT2D eigenvalue weighted by Gasteiger charge is -2.28. The highest BCUT2D eigenvalue weighted by Gasteiger charge is 2.26. The molecule has 0 saturated carbocycles. The standard InChI is InChI=1S/C22H21FN4O2/c23-16-7-10-26(11-8-16)22(29)18-13-25-27-19(2-1-3-20(18)27)15-5-4-14-6-9-24-21(28)17(14)12-15/h1-5,12-13,16H,6-11H2,(H,24,28). The molecule has 0 unspecified atom stereocenters. The molecule has 148 valence electrons. The van der Waals surface area contributed by atoms with Crippen molar-refractivity contribution >= 4 is 17.3 Å². The van der Waals surface area contributed by atoms with Gasteiger partial charge in [0.05, 0.1) is 23.0 Å². The van der Waals surface area contributed by atoms with Crippen molar-refractivity contribution in [2.75, 3.05) is 19.6 Å². The molecule has 29 heavy (non-hydrogen) atoms. The third kappa shape index (κ3) is 3.06. The maximum atomic E-state index is 13.4. The number of carbonyl (C=O) groups is 2. The van der Waals surface area contributed by atoms with Gasteiger partial charge in [-0.3, -0.25) is 9.59 Å². The highest BCUT2D eigenvalue weighted by molar-refractivity contribution is 6.01. The SMILES string of the molecule is O=C1NCCc2ccc(-c3cccc4c(C(=O)N5CCC(F)CC5)cnn34)cc21. The summed E-state index contributed by atoms with van der Waals surface area (Å²) in [5.74, 6) is -0.179. The number of nitrogens with zero attached hydrogens (tertiary/aromatic N) is 3. The van der Waals surface area contributed by atoms with Crippen LogP contribution >= 0.6 is 0 Å². The number of fused-ring (bicyclic) bond motifs is 2. The van der Waals surface area contributed by atoms with E-state index in [-0.39, 0.29) is 11.8 Å². The van der Waals surface area contributed by atoms with Crippen LogP contribution in [-0.2, 0) is 6.42 Å². The summed E-state index contributed by atoms with van der Waals surface area (Å²) < 4.78 is 15.2. The van der Waals surface area contributed by atoms with Gasteiger partial charge in [-0.05, 0) is 43.0 Å². The predicted octanol–water partition coefficient (Wildman–Crippen LogP) is 2.86. The Kier molecular flexibility index (Phi) is 4.30. The first kappa shape index (κ1) is 17.8. The Hall–Kier alpha value is -3.22. The zero-order valence-electron chi connectivity index (χ0n) is 15.9. The van der Waals surface area contributed by atoms with Gasteiger partial charge in [-0.1, -0.05) is 18.2 Å². The van der Waals surface area contributed by atoms with Crippen molar-refractivity contribution in [2.45, 2.75) is 25.4 Å². The van der Waals surface area contributed by atoms with Crippen LogP contribution in [0.5, 0.6) is 0 Å². The predicted molar refractivity (Wildman–Crippen MR) is 107 cm³/mol. The van der Waals surface area contributed by atoms with Crippen LogP contribution in [0.4, 0.5) is 4.39 Å². The quantitative estimate of drug-likeness (QED) is 0.729. The molecule has 1 N–H and O–H groups in total. The van der Waals surface area contributed by atoms with Crippen LogP contribution in [-0.4, -0.2) is 52.1 Å². The number of carbonyl (C=O) groups excluding carboxylic acids is 2. The minimum absolute atomic E-state index is 0.0622. The van der Waals surface area contributed by atoms with E-state index < -0.39 is 6.17 Å². The molecule has 6 nitrogen and oxygen atoms in total. The maximum absolute atomic E-state index is 13.4. The monoisotopic (exact) mass is 392 g/mol. The smallest absolute Gasteiger partial charge is 0.257 e. The third-order valence-electron chi connectivity index (χ3n) is 5.82. The summed E-state index contributed by atoms with van der Waals surface area (Å²) in [7, 11) is 0. The van der Waals surface area contributed by atoms with E-state index in [4.69, 9.17) is 0 Å². The molecule has 1 fully saturated rings. The second-order valence-corrected chi connectivity index (χ2v) is 7.61. The van der Waals surface area contributed by atoms with Gasteiger partial charge < -0.3 is 10.2 Å². The van der Waals surface area contributed by atoms with Crippen molar-refractivity contribution in [1.82, 2.24) is 19.8 Å². The molecule has 0 bridgehead atoms. The van der Waals surface area contributed by atoms with Crippen molar-refractivity contribution in [3.05, 3.63) is 59.3 Å². The van der Waals surface area contributed by atoms with Crippen LogP contribution in [0.25, 0.3) is 16.8 Å². The molecule has 0 radical (unpaired) electrons. The summed E-state index contributed by atoms with van der Waals surface area (Å²) in [5.41, 5.74) is 4.62. The number of halogens is 1. The molecular weight excluding hydrogens is 371 g/mol. The lowest BCUT2D eigenvalue weighted by atomic mass is 9.96. The molecule has 2 aliphatic heterocycles. The lowest BCUT2D eigenvalue weighted by molar-refractivity contribution is 0.0668. The summed E-state index contributed by atoms with van der Waals surface area (Å²) in [4.78, 5) is 26.9. The van der Waals surface area contributed by atoms with Crippen LogP contribution in [0, 0.1) is 0 Å². The second kappa shape index (κ2) is 6.99. The van der Waals surface area contributed by atoms with E-state index >= 15 is 0 Å². The lowest BCUT2D eigenvalue weighted by Crippen LogP contribution is -2.39. The van der Waals surface area contributed by atoms with E-state index in [9.17, 15) is 14.0 Å². The number of hydrogen-bond acceptors (Lipinski definition) is 3. The fourth-order valence-electron chi connectivity index (χ4n) is 4.19. The first-order chi connectivity index (χ1) is 14.1. The van der Waals surface area contributed by atoms with Gasteiger partial charge in [-0.15, -0.1) is 0 Å². The molecule has 2 aromatic heterocycles. The summed E-state index contributed by atoms with van der Waals surface area (Å²) in [5, 5.41) is 7.33. The van der Waals surface area contributed by atoms with Gasteiger partial charge in [0, 0.05) is 30.8 Å². The van der Waals surface area contributed by atoms with Crippen molar-refractivity contribution in [2.24, 2.45) is 0 Å². The summed E-state index contributed by atoms with van der Waals surface area (Å²) in [6.07, 6.45) is 2.34. The molecular formula is C22H21FN4O2. The Balaban J connectivity index is 1.53. The largest absolute Gasteiger partial charge is 0.352 e. The average molecular weight is 392 g/mol. The number of nitrogens with one attached hydrogen (secondary N) is 1.